The maximum atomic E-state index is 13.3. The molecule has 1 aliphatic carbocycles. The largest absolute Gasteiger partial charge is 0.378 e. The minimum absolute atomic E-state index is 0.00351. The second-order valence-corrected chi connectivity index (χ2v) is 5.53. The predicted molar refractivity (Wildman–Crippen MR) is 75.2 cm³/mol. The van der Waals surface area contributed by atoms with Crippen molar-refractivity contribution in [2.75, 3.05) is 26.3 Å². The van der Waals surface area contributed by atoms with Crippen molar-refractivity contribution in [2.24, 2.45) is 5.92 Å². The molecule has 1 heterocycles. The average Bonchev–Trinajstić information content (AvgIpc) is 3.26. The maximum Gasteiger partial charge on any atom is 0.228 e. The van der Waals surface area contributed by atoms with E-state index in [1.807, 2.05) is 17.9 Å². The molecule has 1 saturated carbocycles. The van der Waals surface area contributed by atoms with Gasteiger partial charge >= 0.3 is 0 Å². The lowest BCUT2D eigenvalue weighted by Crippen LogP contribution is -2.43. The Hall–Kier alpha value is -1.46. The van der Waals surface area contributed by atoms with Crippen LogP contribution in [0, 0.1) is 11.7 Å². The van der Waals surface area contributed by atoms with Gasteiger partial charge in [-0.1, -0.05) is 12.1 Å². The number of benzene rings is 1. The molecular formula is C16H20FNO3. The summed E-state index contributed by atoms with van der Waals surface area (Å²) in [4.78, 5) is 14.2. The number of hydrogen-bond donors (Lipinski definition) is 0. The van der Waals surface area contributed by atoms with Gasteiger partial charge in [0.2, 0.25) is 5.91 Å². The monoisotopic (exact) mass is 293 g/mol. The lowest BCUT2D eigenvalue weighted by molar-refractivity contribution is -0.141. The van der Waals surface area contributed by atoms with Crippen molar-refractivity contribution < 1.29 is 18.7 Å². The fourth-order valence-electron chi connectivity index (χ4n) is 2.82. The van der Waals surface area contributed by atoms with E-state index in [-0.39, 0.29) is 29.9 Å². The Balaban J connectivity index is 1.62. The summed E-state index contributed by atoms with van der Waals surface area (Å²) >= 11 is 0. The predicted octanol–water partition coefficient (Wildman–Crippen LogP) is 2.15. The Morgan fingerprint density at radius 1 is 1.52 bits per heavy atom. The molecule has 114 valence electrons. The Morgan fingerprint density at radius 3 is 3.14 bits per heavy atom. The highest BCUT2D eigenvalue weighted by Gasteiger charge is 2.46. The van der Waals surface area contributed by atoms with Gasteiger partial charge in [-0.2, -0.15) is 0 Å². The molecule has 0 radical (unpaired) electrons. The second kappa shape index (κ2) is 6.12. The molecule has 1 aromatic carbocycles. The van der Waals surface area contributed by atoms with Crippen LogP contribution in [0.4, 0.5) is 4.39 Å². The van der Waals surface area contributed by atoms with Crippen molar-refractivity contribution in [2.45, 2.75) is 25.6 Å². The van der Waals surface area contributed by atoms with Gasteiger partial charge in [0.25, 0.3) is 0 Å². The molecule has 0 aromatic heterocycles. The SMILES string of the molecule is CCOC1CC1C(=O)N1CCOC(c2cccc(F)c2)C1. The molecular weight excluding hydrogens is 273 g/mol. The molecule has 1 aliphatic heterocycles. The Labute approximate surface area is 123 Å². The minimum Gasteiger partial charge on any atom is -0.378 e. The smallest absolute Gasteiger partial charge is 0.228 e. The van der Waals surface area contributed by atoms with Crippen LogP contribution in [0.5, 0.6) is 0 Å². The standard InChI is InChI=1S/C16H20FNO3/c1-2-20-14-9-13(14)16(19)18-6-7-21-15(10-18)11-4-3-5-12(17)8-11/h3-5,8,13-15H,2,6-7,9-10H2,1H3. The van der Waals surface area contributed by atoms with E-state index in [0.29, 0.717) is 26.3 Å². The van der Waals surface area contributed by atoms with Crippen LogP contribution < -0.4 is 0 Å². The molecule has 1 aromatic rings. The van der Waals surface area contributed by atoms with Crippen LogP contribution in [0.15, 0.2) is 24.3 Å². The van der Waals surface area contributed by atoms with Crippen molar-refractivity contribution in [1.82, 2.24) is 4.90 Å². The molecule has 3 unspecified atom stereocenters. The van der Waals surface area contributed by atoms with Crippen molar-refractivity contribution in [3.05, 3.63) is 35.6 Å². The highest BCUT2D eigenvalue weighted by atomic mass is 19.1. The fourth-order valence-corrected chi connectivity index (χ4v) is 2.82. The molecule has 21 heavy (non-hydrogen) atoms. The van der Waals surface area contributed by atoms with E-state index in [1.165, 1.54) is 12.1 Å². The molecule has 0 spiro atoms. The molecule has 1 amide bonds. The van der Waals surface area contributed by atoms with Gasteiger partial charge in [0.1, 0.15) is 11.9 Å². The maximum absolute atomic E-state index is 13.3. The van der Waals surface area contributed by atoms with E-state index in [1.54, 1.807) is 6.07 Å². The molecule has 0 N–H and O–H groups in total. The van der Waals surface area contributed by atoms with E-state index in [4.69, 9.17) is 9.47 Å². The topological polar surface area (TPSA) is 38.8 Å². The quantitative estimate of drug-likeness (QED) is 0.854. The van der Waals surface area contributed by atoms with Gasteiger partial charge in [0, 0.05) is 13.2 Å². The average molecular weight is 293 g/mol. The molecule has 3 rings (SSSR count). The van der Waals surface area contributed by atoms with Crippen LogP contribution in [0.2, 0.25) is 0 Å². The Morgan fingerprint density at radius 2 is 2.38 bits per heavy atom. The summed E-state index contributed by atoms with van der Waals surface area (Å²) in [5.41, 5.74) is 0.782. The van der Waals surface area contributed by atoms with Crippen LogP contribution in [0.1, 0.15) is 25.0 Å². The number of carbonyl (C=O) groups excluding carboxylic acids is 1. The first-order valence-electron chi connectivity index (χ1n) is 7.46. The van der Waals surface area contributed by atoms with E-state index in [9.17, 15) is 9.18 Å². The van der Waals surface area contributed by atoms with Crippen molar-refractivity contribution in [1.29, 1.82) is 0 Å². The summed E-state index contributed by atoms with van der Waals surface area (Å²) in [6, 6.07) is 6.38. The number of nitrogens with zero attached hydrogens (tertiary/aromatic N) is 1. The molecule has 4 nitrogen and oxygen atoms in total. The van der Waals surface area contributed by atoms with Gasteiger partial charge in [-0.3, -0.25) is 4.79 Å². The molecule has 5 heteroatoms. The first-order chi connectivity index (χ1) is 10.2. The molecule has 1 saturated heterocycles. The Kier molecular flexibility index (Phi) is 4.22. The highest BCUT2D eigenvalue weighted by molar-refractivity contribution is 5.82. The normalized spacial score (nSPS) is 28.5. The van der Waals surface area contributed by atoms with Gasteiger partial charge in [0.05, 0.1) is 25.2 Å². The van der Waals surface area contributed by atoms with Gasteiger partial charge in [-0.15, -0.1) is 0 Å². The van der Waals surface area contributed by atoms with Crippen molar-refractivity contribution in [3.8, 4) is 0 Å². The van der Waals surface area contributed by atoms with Crippen LogP contribution >= 0.6 is 0 Å². The minimum atomic E-state index is -0.279. The fraction of sp³-hybridized carbons (Fsp3) is 0.562. The molecule has 3 atom stereocenters. The zero-order valence-corrected chi connectivity index (χ0v) is 12.1. The summed E-state index contributed by atoms with van der Waals surface area (Å²) in [7, 11) is 0. The van der Waals surface area contributed by atoms with Gasteiger partial charge < -0.3 is 14.4 Å². The number of ether oxygens (including phenoxy) is 2. The van der Waals surface area contributed by atoms with Crippen LogP contribution in [-0.2, 0) is 14.3 Å². The number of rotatable bonds is 4. The Bertz CT molecular complexity index is 522. The molecule has 2 fully saturated rings. The molecule has 0 bridgehead atoms. The van der Waals surface area contributed by atoms with Gasteiger partial charge in [-0.05, 0) is 31.0 Å². The summed E-state index contributed by atoms with van der Waals surface area (Å²) in [6.07, 6.45) is 0.648. The van der Waals surface area contributed by atoms with Crippen LogP contribution in [0.25, 0.3) is 0 Å². The van der Waals surface area contributed by atoms with Crippen LogP contribution in [-0.4, -0.2) is 43.2 Å². The summed E-state index contributed by atoms with van der Waals surface area (Å²) in [5.74, 6) is -0.146. The zero-order valence-electron chi connectivity index (χ0n) is 12.1. The number of amides is 1. The van der Waals surface area contributed by atoms with E-state index < -0.39 is 0 Å². The summed E-state index contributed by atoms with van der Waals surface area (Å²) < 4.78 is 24.5. The highest BCUT2D eigenvalue weighted by Crippen LogP contribution is 2.36. The zero-order chi connectivity index (χ0) is 14.8. The first-order valence-corrected chi connectivity index (χ1v) is 7.46. The number of morpholine rings is 1. The number of hydrogen-bond acceptors (Lipinski definition) is 3. The van der Waals surface area contributed by atoms with E-state index in [2.05, 4.69) is 0 Å². The first kappa shape index (κ1) is 14.5. The lowest BCUT2D eigenvalue weighted by Gasteiger charge is -2.33. The van der Waals surface area contributed by atoms with Gasteiger partial charge in [-0.25, -0.2) is 4.39 Å². The summed E-state index contributed by atoms with van der Waals surface area (Å²) in [6.45, 7) is 4.15. The van der Waals surface area contributed by atoms with Gasteiger partial charge in [0.15, 0.2) is 0 Å². The van der Waals surface area contributed by atoms with E-state index >= 15 is 0 Å². The van der Waals surface area contributed by atoms with E-state index in [0.717, 1.165) is 12.0 Å². The number of halogens is 1. The third-order valence-electron chi connectivity index (χ3n) is 4.03. The second-order valence-electron chi connectivity index (χ2n) is 5.53. The molecule has 2 aliphatic rings. The van der Waals surface area contributed by atoms with Crippen molar-refractivity contribution >= 4 is 5.91 Å². The number of carbonyl (C=O) groups is 1. The lowest BCUT2D eigenvalue weighted by atomic mass is 10.1. The third-order valence-corrected chi connectivity index (χ3v) is 4.03. The van der Waals surface area contributed by atoms with Crippen molar-refractivity contribution in [3.63, 3.8) is 0 Å². The third kappa shape index (κ3) is 3.24. The summed E-state index contributed by atoms with van der Waals surface area (Å²) in [5, 5.41) is 0. The van der Waals surface area contributed by atoms with Crippen LogP contribution in [0.3, 0.4) is 0 Å².